The summed E-state index contributed by atoms with van der Waals surface area (Å²) in [5.41, 5.74) is -26.6. The van der Waals surface area contributed by atoms with Crippen LogP contribution in [0.1, 0.15) is 12.8 Å². The Balaban J connectivity index is 2.24. The van der Waals surface area contributed by atoms with E-state index in [1.165, 1.54) is 0 Å². The van der Waals surface area contributed by atoms with Gasteiger partial charge in [0.05, 0.1) is 0 Å². The molecule has 0 saturated heterocycles. The van der Waals surface area contributed by atoms with Crippen molar-refractivity contribution in [3.05, 3.63) is 22.8 Å². The first-order chi connectivity index (χ1) is 11.0. The van der Waals surface area contributed by atoms with Crippen LogP contribution in [0.15, 0.2) is 22.8 Å². The molecule has 0 spiro atoms. The fourth-order valence-electron chi connectivity index (χ4n) is 4.37. The lowest BCUT2D eigenvalue weighted by Crippen LogP contribution is -2.75. The second-order valence-corrected chi connectivity index (χ2v) is 6.52. The Bertz CT molecular complexity index is 733. The van der Waals surface area contributed by atoms with Crippen LogP contribution in [0.3, 0.4) is 0 Å². The van der Waals surface area contributed by atoms with E-state index in [4.69, 9.17) is 0 Å². The van der Waals surface area contributed by atoms with Gasteiger partial charge in [-0.15, -0.1) is 0 Å². The minimum Gasteiger partial charge on any atom is -0.232 e. The van der Waals surface area contributed by atoms with Gasteiger partial charge >= 0.3 is 17.8 Å². The highest BCUT2D eigenvalue weighted by molar-refractivity contribution is 5.70. The van der Waals surface area contributed by atoms with Crippen LogP contribution in [0.5, 0.6) is 0 Å². The molecule has 5 aliphatic rings. The van der Waals surface area contributed by atoms with Crippen LogP contribution in [0.4, 0.5) is 52.7 Å². The Hall–Kier alpha value is -1.36. The smallest absolute Gasteiger partial charge is 0.232 e. The highest BCUT2D eigenvalue weighted by Gasteiger charge is 2.99. The average Bonchev–Trinajstić information content (AvgIpc) is 2.76. The van der Waals surface area contributed by atoms with Crippen molar-refractivity contribution in [2.45, 2.75) is 53.3 Å². The normalized spacial score (nSPS) is 51.4. The molecule has 4 bridgehead atoms. The maximum atomic E-state index is 14.7. The standard InChI is InChI=1S/C13H4F12/c14-5-6(15)10(19)4-3(9(5,18)12(22,23)13(10,24)25)7(16)1-2-8(4,17)11(7,20)21/h1-2H2. The number of fused-ring (bicyclic) bond motifs is 3. The zero-order chi connectivity index (χ0) is 19.2. The number of rotatable bonds is 0. The molecule has 12 heteroatoms. The molecule has 25 heavy (non-hydrogen) atoms. The van der Waals surface area contributed by atoms with Crippen LogP contribution in [0.2, 0.25) is 0 Å². The van der Waals surface area contributed by atoms with E-state index in [2.05, 4.69) is 0 Å². The Labute approximate surface area is 130 Å². The molecule has 1 fully saturated rings. The van der Waals surface area contributed by atoms with E-state index < -0.39 is 76.1 Å². The van der Waals surface area contributed by atoms with E-state index in [9.17, 15) is 52.7 Å². The summed E-state index contributed by atoms with van der Waals surface area (Å²) in [5.74, 6) is -25.4. The molecule has 140 valence electrons. The molecule has 0 amide bonds. The first-order valence-corrected chi connectivity index (χ1v) is 6.72. The van der Waals surface area contributed by atoms with Crippen molar-refractivity contribution >= 4 is 0 Å². The number of hydrogen-bond acceptors (Lipinski definition) is 0. The van der Waals surface area contributed by atoms with Crippen molar-refractivity contribution in [3.63, 3.8) is 0 Å². The molecule has 5 rings (SSSR count). The number of allylic oxidation sites excluding steroid dienone is 4. The summed E-state index contributed by atoms with van der Waals surface area (Å²) >= 11 is 0. The first-order valence-electron chi connectivity index (χ1n) is 6.72. The van der Waals surface area contributed by atoms with Gasteiger partial charge in [-0.1, -0.05) is 0 Å². The lowest BCUT2D eigenvalue weighted by Gasteiger charge is -2.54. The number of halogens is 12. The average molecular weight is 388 g/mol. The van der Waals surface area contributed by atoms with Crippen molar-refractivity contribution in [1.82, 2.24) is 0 Å². The van der Waals surface area contributed by atoms with Crippen molar-refractivity contribution in [2.24, 2.45) is 0 Å². The third-order valence-corrected chi connectivity index (χ3v) is 5.60. The van der Waals surface area contributed by atoms with Gasteiger partial charge in [-0.3, -0.25) is 0 Å². The van der Waals surface area contributed by atoms with Gasteiger partial charge in [-0.05, 0) is 12.8 Å². The van der Waals surface area contributed by atoms with E-state index in [1.54, 1.807) is 0 Å². The molecule has 5 aliphatic carbocycles. The summed E-state index contributed by atoms with van der Waals surface area (Å²) in [5, 5.41) is 0. The van der Waals surface area contributed by atoms with Crippen molar-refractivity contribution < 1.29 is 52.7 Å². The second-order valence-electron chi connectivity index (χ2n) is 6.52. The van der Waals surface area contributed by atoms with Crippen LogP contribution in [0, 0.1) is 0 Å². The minimum absolute atomic E-state index is 1.70. The Morgan fingerprint density at radius 2 is 0.760 bits per heavy atom. The SMILES string of the molecule is FC1=C(F)C2(F)C3=C(C4(F)CCC3(F)C4(F)F)C1(F)C(F)(F)C2(F)F. The summed E-state index contributed by atoms with van der Waals surface area (Å²) < 4.78 is 170. The van der Waals surface area contributed by atoms with Crippen molar-refractivity contribution in [1.29, 1.82) is 0 Å². The third-order valence-electron chi connectivity index (χ3n) is 5.60. The highest BCUT2D eigenvalue weighted by atomic mass is 19.3. The van der Waals surface area contributed by atoms with Gasteiger partial charge in [-0.25, -0.2) is 26.3 Å². The zero-order valence-electron chi connectivity index (χ0n) is 11.4. The molecule has 0 N–H and O–H groups in total. The molecule has 4 unspecified atom stereocenters. The summed E-state index contributed by atoms with van der Waals surface area (Å²) in [4.78, 5) is 0. The number of alkyl halides is 10. The molecule has 0 aromatic carbocycles. The zero-order valence-corrected chi connectivity index (χ0v) is 11.4. The molecule has 0 radical (unpaired) electrons. The molecular formula is C13H4F12. The van der Waals surface area contributed by atoms with Gasteiger partial charge in [0.15, 0.2) is 11.7 Å². The predicted octanol–water partition coefficient (Wildman–Crippen LogP) is 5.01. The maximum absolute atomic E-state index is 14.7. The van der Waals surface area contributed by atoms with Crippen LogP contribution in [0.25, 0.3) is 0 Å². The molecule has 0 aromatic rings. The van der Waals surface area contributed by atoms with Crippen molar-refractivity contribution in [2.75, 3.05) is 0 Å². The summed E-state index contributed by atoms with van der Waals surface area (Å²) in [6, 6.07) is 0. The van der Waals surface area contributed by atoms with Gasteiger partial charge < -0.3 is 0 Å². The lowest BCUT2D eigenvalue weighted by atomic mass is 9.58. The summed E-state index contributed by atoms with van der Waals surface area (Å²) in [6.07, 6.45) is -3.40. The molecule has 0 aliphatic heterocycles. The van der Waals surface area contributed by atoms with E-state index in [0.717, 1.165) is 0 Å². The van der Waals surface area contributed by atoms with Crippen LogP contribution in [-0.4, -0.2) is 40.4 Å². The Kier molecular flexibility index (Phi) is 2.43. The quantitative estimate of drug-likeness (QED) is 0.405. The van der Waals surface area contributed by atoms with Gasteiger partial charge in [0.1, 0.15) is 0 Å². The highest BCUT2D eigenvalue weighted by Crippen LogP contribution is 2.81. The lowest BCUT2D eigenvalue weighted by molar-refractivity contribution is -0.317. The monoisotopic (exact) mass is 388 g/mol. The molecule has 0 aromatic heterocycles. The van der Waals surface area contributed by atoms with E-state index in [0.29, 0.717) is 0 Å². The van der Waals surface area contributed by atoms with Crippen LogP contribution >= 0.6 is 0 Å². The molecule has 1 saturated carbocycles. The second kappa shape index (κ2) is 3.55. The van der Waals surface area contributed by atoms with Gasteiger partial charge in [0.25, 0.3) is 11.3 Å². The summed E-state index contributed by atoms with van der Waals surface area (Å²) in [7, 11) is 0. The van der Waals surface area contributed by atoms with Crippen LogP contribution < -0.4 is 0 Å². The van der Waals surface area contributed by atoms with Gasteiger partial charge in [-0.2, -0.15) is 26.3 Å². The van der Waals surface area contributed by atoms with E-state index >= 15 is 0 Å². The third kappa shape index (κ3) is 1.08. The van der Waals surface area contributed by atoms with Gasteiger partial charge in [0, 0.05) is 11.1 Å². The largest absolute Gasteiger partial charge is 0.358 e. The Morgan fingerprint density at radius 1 is 0.480 bits per heavy atom. The van der Waals surface area contributed by atoms with Crippen molar-refractivity contribution in [3.8, 4) is 0 Å². The van der Waals surface area contributed by atoms with E-state index in [-0.39, 0.29) is 0 Å². The molecule has 0 heterocycles. The van der Waals surface area contributed by atoms with Crippen LogP contribution in [-0.2, 0) is 0 Å². The molecule has 4 atom stereocenters. The van der Waals surface area contributed by atoms with E-state index in [1.807, 2.05) is 0 Å². The first kappa shape index (κ1) is 17.1. The Morgan fingerprint density at radius 3 is 1.04 bits per heavy atom. The fraction of sp³-hybridized carbons (Fsp3) is 0.692. The van der Waals surface area contributed by atoms with Gasteiger partial charge in [0.2, 0.25) is 11.3 Å². The summed E-state index contributed by atoms with van der Waals surface area (Å²) in [6.45, 7) is 0. The minimum atomic E-state index is -6.48. The fourth-order valence-corrected chi connectivity index (χ4v) is 4.37. The maximum Gasteiger partial charge on any atom is 0.358 e. The molecule has 0 nitrogen and oxygen atoms in total. The topological polar surface area (TPSA) is 0 Å². The molecular weight excluding hydrogens is 384 g/mol. The predicted molar refractivity (Wildman–Crippen MR) is 55.7 cm³/mol. The number of hydrogen-bond donors (Lipinski definition) is 0.